The summed E-state index contributed by atoms with van der Waals surface area (Å²) < 4.78 is 41.6. The number of halogens is 3. The molecule has 1 N–H and O–H groups in total. The number of amides is 1. The number of anilines is 1. The standard InChI is InChI=1S/C22H16F3N3O/c23-16-5-1-14(2-6-16)11-19-22(26-20-10-9-18(25)13-28(19)20)27-21(29)12-15-3-7-17(24)8-4-15/h1-10,13H,11-12H2,(H,27,29). The van der Waals surface area contributed by atoms with E-state index in [9.17, 15) is 18.0 Å². The fourth-order valence-corrected chi connectivity index (χ4v) is 3.10. The Kier molecular flexibility index (Phi) is 5.03. The summed E-state index contributed by atoms with van der Waals surface area (Å²) in [6.45, 7) is 0. The molecular weight excluding hydrogens is 379 g/mol. The lowest BCUT2D eigenvalue weighted by Crippen LogP contribution is -2.16. The van der Waals surface area contributed by atoms with Gasteiger partial charge in [-0.15, -0.1) is 0 Å². The van der Waals surface area contributed by atoms with Crippen molar-refractivity contribution in [2.45, 2.75) is 12.8 Å². The van der Waals surface area contributed by atoms with E-state index < -0.39 is 5.82 Å². The number of nitrogens with one attached hydrogen (secondary N) is 1. The Bertz CT molecular complexity index is 1170. The largest absolute Gasteiger partial charge is 0.309 e. The summed E-state index contributed by atoms with van der Waals surface area (Å²) >= 11 is 0. The molecule has 4 nitrogen and oxygen atoms in total. The molecule has 0 aliphatic rings. The first-order valence-corrected chi connectivity index (χ1v) is 8.93. The monoisotopic (exact) mass is 395 g/mol. The number of nitrogens with zero attached hydrogens (tertiary/aromatic N) is 2. The Morgan fingerprint density at radius 1 is 0.828 bits per heavy atom. The quantitative estimate of drug-likeness (QED) is 0.540. The summed E-state index contributed by atoms with van der Waals surface area (Å²) in [5.74, 6) is -1.21. The molecule has 1 amide bonds. The highest BCUT2D eigenvalue weighted by Gasteiger charge is 2.16. The minimum absolute atomic E-state index is 0.0402. The van der Waals surface area contributed by atoms with Crippen molar-refractivity contribution in [1.29, 1.82) is 0 Å². The molecule has 0 radical (unpaired) electrons. The molecule has 146 valence electrons. The van der Waals surface area contributed by atoms with Crippen LogP contribution in [0.3, 0.4) is 0 Å². The fraction of sp³-hybridized carbons (Fsp3) is 0.0909. The predicted octanol–water partition coefficient (Wildman–Crippen LogP) is 4.52. The summed E-state index contributed by atoms with van der Waals surface area (Å²) in [6.07, 6.45) is 1.65. The van der Waals surface area contributed by atoms with Crippen LogP contribution in [0, 0.1) is 17.5 Å². The van der Waals surface area contributed by atoms with Gasteiger partial charge in [0.1, 0.15) is 23.1 Å². The third kappa shape index (κ3) is 4.29. The maximum Gasteiger partial charge on any atom is 0.229 e. The smallest absolute Gasteiger partial charge is 0.229 e. The van der Waals surface area contributed by atoms with Gasteiger partial charge >= 0.3 is 0 Å². The Morgan fingerprint density at radius 3 is 2.07 bits per heavy atom. The van der Waals surface area contributed by atoms with E-state index in [4.69, 9.17) is 0 Å². The van der Waals surface area contributed by atoms with E-state index in [0.717, 1.165) is 5.56 Å². The molecule has 4 aromatic rings. The predicted molar refractivity (Wildman–Crippen MR) is 103 cm³/mol. The summed E-state index contributed by atoms with van der Waals surface area (Å²) in [6, 6.07) is 14.4. The highest BCUT2D eigenvalue weighted by molar-refractivity contribution is 5.92. The highest BCUT2D eigenvalue weighted by Crippen LogP contribution is 2.22. The molecule has 0 aliphatic heterocycles. The van der Waals surface area contributed by atoms with Gasteiger partial charge in [-0.2, -0.15) is 0 Å². The van der Waals surface area contributed by atoms with Crippen LogP contribution in [-0.4, -0.2) is 15.3 Å². The molecule has 29 heavy (non-hydrogen) atoms. The second kappa shape index (κ2) is 7.79. The molecule has 2 aromatic heterocycles. The van der Waals surface area contributed by atoms with E-state index in [1.54, 1.807) is 16.5 Å². The number of carbonyl (C=O) groups excluding carboxylic acids is 1. The number of hydrogen-bond donors (Lipinski definition) is 1. The average Bonchev–Trinajstić information content (AvgIpc) is 3.02. The van der Waals surface area contributed by atoms with Gasteiger partial charge in [-0.05, 0) is 47.5 Å². The molecule has 2 heterocycles. The van der Waals surface area contributed by atoms with E-state index in [-0.39, 0.29) is 24.0 Å². The van der Waals surface area contributed by atoms with Crippen molar-refractivity contribution in [2.75, 3.05) is 5.32 Å². The van der Waals surface area contributed by atoms with E-state index in [1.807, 2.05) is 0 Å². The van der Waals surface area contributed by atoms with E-state index in [2.05, 4.69) is 10.3 Å². The zero-order chi connectivity index (χ0) is 20.4. The number of benzene rings is 2. The normalized spacial score (nSPS) is 11.0. The summed E-state index contributed by atoms with van der Waals surface area (Å²) in [7, 11) is 0. The zero-order valence-corrected chi connectivity index (χ0v) is 15.2. The summed E-state index contributed by atoms with van der Waals surface area (Å²) in [5.41, 5.74) is 2.48. The lowest BCUT2D eigenvalue weighted by Gasteiger charge is -2.08. The van der Waals surface area contributed by atoms with Gasteiger partial charge in [0.05, 0.1) is 12.1 Å². The van der Waals surface area contributed by atoms with Gasteiger partial charge in [-0.25, -0.2) is 18.2 Å². The van der Waals surface area contributed by atoms with Crippen LogP contribution < -0.4 is 5.32 Å². The third-order valence-corrected chi connectivity index (χ3v) is 4.50. The van der Waals surface area contributed by atoms with Crippen LogP contribution in [0.5, 0.6) is 0 Å². The molecule has 2 aromatic carbocycles. The lowest BCUT2D eigenvalue weighted by molar-refractivity contribution is -0.115. The van der Waals surface area contributed by atoms with Crippen molar-refractivity contribution in [3.8, 4) is 0 Å². The topological polar surface area (TPSA) is 46.4 Å². The molecule has 0 spiro atoms. The fourth-order valence-electron chi connectivity index (χ4n) is 3.10. The lowest BCUT2D eigenvalue weighted by atomic mass is 10.1. The van der Waals surface area contributed by atoms with Crippen molar-refractivity contribution in [3.63, 3.8) is 0 Å². The van der Waals surface area contributed by atoms with Gasteiger partial charge in [0.2, 0.25) is 5.91 Å². The SMILES string of the molecule is O=C(Cc1ccc(F)cc1)Nc1nc2ccc(F)cn2c1Cc1ccc(F)cc1. The van der Waals surface area contributed by atoms with Crippen LogP contribution >= 0.6 is 0 Å². The summed E-state index contributed by atoms with van der Waals surface area (Å²) in [5, 5.41) is 2.75. The van der Waals surface area contributed by atoms with Gasteiger partial charge in [-0.1, -0.05) is 24.3 Å². The van der Waals surface area contributed by atoms with Gasteiger partial charge in [-0.3, -0.25) is 9.20 Å². The van der Waals surface area contributed by atoms with E-state index in [1.165, 1.54) is 54.7 Å². The van der Waals surface area contributed by atoms with Crippen LogP contribution in [0.1, 0.15) is 16.8 Å². The number of imidazole rings is 1. The minimum Gasteiger partial charge on any atom is -0.309 e. The maximum absolute atomic E-state index is 13.8. The molecule has 0 aliphatic carbocycles. The number of aromatic nitrogens is 2. The molecule has 0 bridgehead atoms. The Balaban J connectivity index is 1.64. The van der Waals surface area contributed by atoms with Crippen LogP contribution in [0.2, 0.25) is 0 Å². The first-order chi connectivity index (χ1) is 14.0. The van der Waals surface area contributed by atoms with Crippen LogP contribution in [0.15, 0.2) is 66.9 Å². The molecule has 0 saturated carbocycles. The van der Waals surface area contributed by atoms with Gasteiger partial charge in [0.15, 0.2) is 5.82 Å². The first-order valence-electron chi connectivity index (χ1n) is 8.93. The van der Waals surface area contributed by atoms with E-state index >= 15 is 0 Å². The third-order valence-electron chi connectivity index (χ3n) is 4.50. The second-order valence-corrected chi connectivity index (χ2v) is 6.64. The number of rotatable bonds is 5. The van der Waals surface area contributed by atoms with E-state index in [0.29, 0.717) is 29.1 Å². The Hall–Kier alpha value is -3.61. The van der Waals surface area contributed by atoms with Gasteiger partial charge < -0.3 is 5.32 Å². The number of hydrogen-bond acceptors (Lipinski definition) is 2. The summed E-state index contributed by atoms with van der Waals surface area (Å²) in [4.78, 5) is 16.9. The molecule has 7 heteroatoms. The Labute approximate surface area is 164 Å². The van der Waals surface area contributed by atoms with Crippen molar-refractivity contribution < 1.29 is 18.0 Å². The molecule has 0 atom stereocenters. The molecule has 0 unspecified atom stereocenters. The van der Waals surface area contributed by atoms with Gasteiger partial charge in [0, 0.05) is 12.6 Å². The number of pyridine rings is 1. The highest BCUT2D eigenvalue weighted by atomic mass is 19.1. The molecular formula is C22H16F3N3O. The molecule has 4 rings (SSSR count). The number of fused-ring (bicyclic) bond motifs is 1. The maximum atomic E-state index is 13.8. The van der Waals surface area contributed by atoms with Crippen LogP contribution in [0.25, 0.3) is 5.65 Å². The molecule has 0 saturated heterocycles. The van der Waals surface area contributed by atoms with Crippen molar-refractivity contribution in [1.82, 2.24) is 9.38 Å². The van der Waals surface area contributed by atoms with Crippen LogP contribution in [-0.2, 0) is 17.6 Å². The zero-order valence-electron chi connectivity index (χ0n) is 15.2. The van der Waals surface area contributed by atoms with Crippen molar-refractivity contribution >= 4 is 17.4 Å². The van der Waals surface area contributed by atoms with Gasteiger partial charge in [0.25, 0.3) is 0 Å². The van der Waals surface area contributed by atoms with Crippen molar-refractivity contribution in [3.05, 3.63) is 101 Å². The Morgan fingerprint density at radius 2 is 1.41 bits per heavy atom. The van der Waals surface area contributed by atoms with Crippen molar-refractivity contribution in [2.24, 2.45) is 0 Å². The first kappa shape index (κ1) is 18.7. The number of carbonyl (C=O) groups is 1. The molecule has 0 fully saturated rings. The average molecular weight is 395 g/mol. The van der Waals surface area contributed by atoms with Crippen LogP contribution in [0.4, 0.5) is 19.0 Å². The second-order valence-electron chi connectivity index (χ2n) is 6.64. The minimum atomic E-state index is -0.445.